The Morgan fingerprint density at radius 1 is 1.32 bits per heavy atom. The van der Waals surface area contributed by atoms with Crippen LogP contribution in [-0.2, 0) is 6.42 Å². The highest BCUT2D eigenvalue weighted by molar-refractivity contribution is 5.91. The Morgan fingerprint density at radius 3 is 2.90 bits per heavy atom. The highest BCUT2D eigenvalue weighted by Crippen LogP contribution is 2.25. The lowest BCUT2D eigenvalue weighted by atomic mass is 10.0. The van der Waals surface area contributed by atoms with Gasteiger partial charge in [-0.1, -0.05) is 31.5 Å². The Morgan fingerprint density at radius 2 is 2.13 bits per heavy atom. The number of benzene rings is 1. The molecule has 2 N–H and O–H groups in total. The van der Waals surface area contributed by atoms with Gasteiger partial charge in [0.25, 0.3) is 11.9 Å². The van der Waals surface area contributed by atoms with Gasteiger partial charge in [0.1, 0.15) is 0 Å². The minimum Gasteiger partial charge on any atom is -0.418 e. The molecule has 0 aliphatic carbocycles. The van der Waals surface area contributed by atoms with Gasteiger partial charge in [-0.05, 0) is 45.4 Å². The van der Waals surface area contributed by atoms with E-state index in [1.54, 1.807) is 6.20 Å². The molecule has 1 amide bonds. The lowest BCUT2D eigenvalue weighted by Gasteiger charge is -2.44. The number of H-pyrrole nitrogens is 1. The van der Waals surface area contributed by atoms with Crippen LogP contribution in [0.15, 0.2) is 41.1 Å². The molecule has 1 aromatic carbocycles. The van der Waals surface area contributed by atoms with Crippen molar-refractivity contribution in [1.29, 1.82) is 0 Å². The maximum Gasteiger partial charge on any atom is 0.298 e. The molecule has 1 atom stereocenters. The number of para-hydroxylation sites is 1. The number of carbonyl (C=O) groups excluding carboxylic acids is 1. The normalized spacial score (nSPS) is 17.7. The van der Waals surface area contributed by atoms with E-state index in [0.29, 0.717) is 6.01 Å². The van der Waals surface area contributed by atoms with Crippen molar-refractivity contribution in [3.05, 3.63) is 48.0 Å². The van der Waals surface area contributed by atoms with Crippen molar-refractivity contribution in [3.8, 4) is 0 Å². The van der Waals surface area contributed by atoms with E-state index in [9.17, 15) is 4.79 Å². The lowest BCUT2D eigenvalue weighted by Crippen LogP contribution is -2.57. The molecule has 3 aromatic rings. The molecule has 1 aliphatic rings. The minimum atomic E-state index is -0.203. The van der Waals surface area contributed by atoms with Crippen LogP contribution in [0.2, 0.25) is 0 Å². The molecular weight excluding hydrogens is 390 g/mol. The average molecular weight is 424 g/mol. The Bertz CT molecular complexity index is 1040. The fraction of sp³-hybridized carbons (Fsp3) is 0.500. The van der Waals surface area contributed by atoms with E-state index in [0.717, 1.165) is 44.4 Å². The van der Waals surface area contributed by atoms with Crippen molar-refractivity contribution in [2.45, 2.75) is 51.6 Å². The van der Waals surface area contributed by atoms with Crippen LogP contribution in [0.1, 0.15) is 49.7 Å². The second-order valence-electron chi connectivity index (χ2n) is 9.19. The number of hydrogen-bond donors (Lipinski definition) is 2. The summed E-state index contributed by atoms with van der Waals surface area (Å²) in [5.74, 6) is 0.0668. The molecule has 31 heavy (non-hydrogen) atoms. The standard InChI is InChI=1S/C24H33N5O2/c1-5-8-18(13-17-14-25-20-10-7-6-9-19(17)20)27-22(30)21-15-26-23(31-21)29-12-11-28(4)24(2,3)16-29/h6-7,9-10,14-15,18,25H,5,8,11-13,16H2,1-4H3,(H,27,30). The number of hydrogen-bond acceptors (Lipinski definition) is 5. The van der Waals surface area contributed by atoms with Crippen LogP contribution in [0, 0.1) is 0 Å². The molecule has 1 saturated heterocycles. The van der Waals surface area contributed by atoms with E-state index in [1.165, 1.54) is 10.9 Å². The lowest BCUT2D eigenvalue weighted by molar-refractivity contribution is 0.0906. The van der Waals surface area contributed by atoms with E-state index in [1.807, 2.05) is 18.3 Å². The second-order valence-corrected chi connectivity index (χ2v) is 9.19. The number of likely N-dealkylation sites (N-methyl/N-ethyl adjacent to an activating group) is 1. The van der Waals surface area contributed by atoms with E-state index in [4.69, 9.17) is 4.42 Å². The van der Waals surface area contributed by atoms with Gasteiger partial charge in [0.2, 0.25) is 5.76 Å². The summed E-state index contributed by atoms with van der Waals surface area (Å²) in [4.78, 5) is 25.1. The number of aromatic amines is 1. The van der Waals surface area contributed by atoms with Gasteiger partial charge in [-0.15, -0.1) is 0 Å². The monoisotopic (exact) mass is 423 g/mol. The Balaban J connectivity index is 1.44. The largest absolute Gasteiger partial charge is 0.418 e. The summed E-state index contributed by atoms with van der Waals surface area (Å²) < 4.78 is 5.88. The van der Waals surface area contributed by atoms with Gasteiger partial charge in [0.15, 0.2) is 0 Å². The third kappa shape index (κ3) is 4.61. The Labute approximate surface area is 183 Å². The molecule has 0 spiro atoms. The SMILES string of the molecule is CCCC(Cc1c[nH]c2ccccc12)NC(=O)c1cnc(N2CCN(C)C(C)(C)C2)o1. The number of fused-ring (bicyclic) bond motifs is 1. The van der Waals surface area contributed by atoms with Gasteiger partial charge in [0.05, 0.1) is 6.20 Å². The number of carbonyl (C=O) groups is 1. The van der Waals surface area contributed by atoms with Crippen LogP contribution in [0.5, 0.6) is 0 Å². The third-order valence-corrected chi connectivity index (χ3v) is 6.42. The first-order chi connectivity index (χ1) is 14.9. The maximum atomic E-state index is 12.9. The highest BCUT2D eigenvalue weighted by Gasteiger charge is 2.33. The number of anilines is 1. The van der Waals surface area contributed by atoms with Crippen molar-refractivity contribution >= 4 is 22.8 Å². The molecule has 166 valence electrons. The first kappa shape index (κ1) is 21.4. The molecule has 3 heterocycles. The predicted octanol–water partition coefficient (Wildman–Crippen LogP) is 3.83. The second kappa shape index (κ2) is 8.75. The van der Waals surface area contributed by atoms with Crippen LogP contribution in [0.25, 0.3) is 10.9 Å². The fourth-order valence-electron chi connectivity index (χ4n) is 4.32. The molecule has 1 fully saturated rings. The summed E-state index contributed by atoms with van der Waals surface area (Å²) in [5.41, 5.74) is 2.36. The summed E-state index contributed by atoms with van der Waals surface area (Å²) in [6, 6.07) is 8.82. The zero-order valence-electron chi connectivity index (χ0n) is 18.9. The molecule has 0 bridgehead atoms. The topological polar surface area (TPSA) is 77.4 Å². The number of oxazole rings is 1. The van der Waals surface area contributed by atoms with Crippen LogP contribution in [0.3, 0.4) is 0 Å². The Kier molecular flexibility index (Phi) is 6.05. The van der Waals surface area contributed by atoms with Gasteiger partial charge in [-0.2, -0.15) is 0 Å². The van der Waals surface area contributed by atoms with Gasteiger partial charge in [-0.25, -0.2) is 4.98 Å². The Hall–Kier alpha value is -2.80. The first-order valence-corrected chi connectivity index (χ1v) is 11.2. The molecule has 1 aliphatic heterocycles. The molecule has 4 rings (SSSR count). The van der Waals surface area contributed by atoms with Crippen molar-refractivity contribution in [1.82, 2.24) is 20.2 Å². The van der Waals surface area contributed by atoms with E-state index >= 15 is 0 Å². The van der Waals surface area contributed by atoms with Crippen LogP contribution in [-0.4, -0.2) is 59.0 Å². The third-order valence-electron chi connectivity index (χ3n) is 6.42. The van der Waals surface area contributed by atoms with Crippen LogP contribution >= 0.6 is 0 Å². The number of nitrogens with zero attached hydrogens (tertiary/aromatic N) is 3. The smallest absolute Gasteiger partial charge is 0.298 e. The summed E-state index contributed by atoms with van der Waals surface area (Å²) in [5, 5.41) is 4.37. The maximum absolute atomic E-state index is 12.9. The average Bonchev–Trinajstić information content (AvgIpc) is 3.38. The van der Waals surface area contributed by atoms with Crippen LogP contribution in [0.4, 0.5) is 6.01 Å². The summed E-state index contributed by atoms with van der Waals surface area (Å²) >= 11 is 0. The minimum absolute atomic E-state index is 0.0285. The predicted molar refractivity (Wildman–Crippen MR) is 124 cm³/mol. The highest BCUT2D eigenvalue weighted by atomic mass is 16.4. The molecule has 1 unspecified atom stereocenters. The molecule has 0 saturated carbocycles. The van der Waals surface area contributed by atoms with Gasteiger partial charge < -0.3 is 19.6 Å². The van der Waals surface area contributed by atoms with Crippen molar-refractivity contribution in [2.24, 2.45) is 0 Å². The first-order valence-electron chi connectivity index (χ1n) is 11.2. The van der Waals surface area contributed by atoms with Gasteiger partial charge >= 0.3 is 0 Å². The number of amides is 1. The number of piperazine rings is 1. The van der Waals surface area contributed by atoms with Gasteiger partial charge in [0, 0.05) is 48.3 Å². The zero-order valence-corrected chi connectivity index (χ0v) is 18.9. The quantitative estimate of drug-likeness (QED) is 0.604. The van der Waals surface area contributed by atoms with Crippen molar-refractivity contribution in [2.75, 3.05) is 31.6 Å². The fourth-order valence-corrected chi connectivity index (χ4v) is 4.32. The summed E-state index contributed by atoms with van der Waals surface area (Å²) in [6.07, 6.45) is 6.26. The van der Waals surface area contributed by atoms with E-state index in [2.05, 4.69) is 65.0 Å². The molecule has 7 heteroatoms. The van der Waals surface area contributed by atoms with Crippen molar-refractivity contribution < 1.29 is 9.21 Å². The number of rotatable bonds is 7. The zero-order chi connectivity index (χ0) is 22.0. The number of nitrogens with one attached hydrogen (secondary N) is 2. The summed E-state index contributed by atoms with van der Waals surface area (Å²) in [7, 11) is 2.13. The van der Waals surface area contributed by atoms with E-state index in [-0.39, 0.29) is 23.2 Å². The molecule has 0 radical (unpaired) electrons. The van der Waals surface area contributed by atoms with Crippen LogP contribution < -0.4 is 10.2 Å². The number of aromatic nitrogens is 2. The molecule has 7 nitrogen and oxygen atoms in total. The summed E-state index contributed by atoms with van der Waals surface area (Å²) in [6.45, 7) is 9.12. The van der Waals surface area contributed by atoms with Crippen molar-refractivity contribution in [3.63, 3.8) is 0 Å². The van der Waals surface area contributed by atoms with Gasteiger partial charge in [-0.3, -0.25) is 9.69 Å². The molecular formula is C24H33N5O2. The molecule has 2 aromatic heterocycles. The van der Waals surface area contributed by atoms with E-state index < -0.39 is 0 Å².